The van der Waals surface area contributed by atoms with E-state index < -0.39 is 10.8 Å². The predicted octanol–water partition coefficient (Wildman–Crippen LogP) is 1.35. The number of aryl methyl sites for hydroxylation is 1. The summed E-state index contributed by atoms with van der Waals surface area (Å²) in [6, 6.07) is 1.11. The average Bonchev–Trinajstić information content (AvgIpc) is 2.84. The second-order valence-electron chi connectivity index (χ2n) is 4.32. The molecule has 0 bridgehead atoms. The predicted molar refractivity (Wildman–Crippen MR) is 75.1 cm³/mol. The van der Waals surface area contributed by atoms with Gasteiger partial charge in [0.15, 0.2) is 0 Å². The summed E-state index contributed by atoms with van der Waals surface area (Å²) in [4.78, 5) is 25.6. The van der Waals surface area contributed by atoms with E-state index in [1.54, 1.807) is 17.9 Å². The zero-order valence-corrected chi connectivity index (χ0v) is 11.9. The summed E-state index contributed by atoms with van der Waals surface area (Å²) < 4.78 is 1.67. The number of amides is 1. The van der Waals surface area contributed by atoms with E-state index in [0.29, 0.717) is 13.0 Å². The molecule has 2 heterocycles. The molecule has 21 heavy (non-hydrogen) atoms. The standard InChI is InChI=1S/C12H12ClN5O3/c1-17-7-8(5-16-17)2-3-14-12(19)10-4-9(18(20)21)6-15-11(10)13/h4-7H,2-3H2,1H3,(H,14,19). The van der Waals surface area contributed by atoms with Crippen molar-refractivity contribution in [2.24, 2.45) is 7.05 Å². The Balaban J connectivity index is 1.99. The summed E-state index contributed by atoms with van der Waals surface area (Å²) in [6.45, 7) is 0.365. The second-order valence-corrected chi connectivity index (χ2v) is 4.68. The van der Waals surface area contributed by atoms with Gasteiger partial charge in [-0.3, -0.25) is 19.6 Å². The Morgan fingerprint density at radius 2 is 2.29 bits per heavy atom. The number of hydrogen-bond donors (Lipinski definition) is 1. The molecular formula is C12H12ClN5O3. The second kappa shape index (κ2) is 6.31. The number of nitrogens with zero attached hydrogens (tertiary/aromatic N) is 4. The lowest BCUT2D eigenvalue weighted by Crippen LogP contribution is -2.26. The van der Waals surface area contributed by atoms with E-state index in [-0.39, 0.29) is 16.4 Å². The van der Waals surface area contributed by atoms with E-state index >= 15 is 0 Å². The van der Waals surface area contributed by atoms with Gasteiger partial charge < -0.3 is 5.32 Å². The third-order valence-electron chi connectivity index (χ3n) is 2.74. The maximum Gasteiger partial charge on any atom is 0.288 e. The van der Waals surface area contributed by atoms with Crippen molar-refractivity contribution in [3.63, 3.8) is 0 Å². The van der Waals surface area contributed by atoms with Crippen LogP contribution in [0.1, 0.15) is 15.9 Å². The minimum absolute atomic E-state index is 0.0166. The molecule has 0 aliphatic carbocycles. The van der Waals surface area contributed by atoms with Crippen LogP contribution in [0.15, 0.2) is 24.7 Å². The Bertz CT molecular complexity index is 685. The number of carbonyl (C=O) groups excluding carboxylic acids is 1. The lowest BCUT2D eigenvalue weighted by atomic mass is 10.2. The molecule has 9 heteroatoms. The molecule has 0 saturated heterocycles. The maximum absolute atomic E-state index is 12.0. The molecule has 1 N–H and O–H groups in total. The topological polar surface area (TPSA) is 103 Å². The third-order valence-corrected chi connectivity index (χ3v) is 3.04. The van der Waals surface area contributed by atoms with Crippen LogP contribution < -0.4 is 5.32 Å². The van der Waals surface area contributed by atoms with E-state index in [4.69, 9.17) is 11.6 Å². The molecular weight excluding hydrogens is 298 g/mol. The summed E-state index contributed by atoms with van der Waals surface area (Å²) in [7, 11) is 1.80. The van der Waals surface area contributed by atoms with Crippen molar-refractivity contribution in [1.29, 1.82) is 0 Å². The summed E-state index contributed by atoms with van der Waals surface area (Å²) >= 11 is 5.79. The number of aromatic nitrogens is 3. The van der Waals surface area contributed by atoms with Gasteiger partial charge in [-0.25, -0.2) is 4.98 Å². The van der Waals surface area contributed by atoms with E-state index in [9.17, 15) is 14.9 Å². The molecule has 110 valence electrons. The van der Waals surface area contributed by atoms with E-state index in [2.05, 4.69) is 15.4 Å². The number of pyridine rings is 1. The van der Waals surface area contributed by atoms with Gasteiger partial charge in [-0.2, -0.15) is 5.10 Å². The number of rotatable bonds is 5. The molecule has 0 saturated carbocycles. The first-order valence-corrected chi connectivity index (χ1v) is 6.41. The van der Waals surface area contributed by atoms with Gasteiger partial charge in [-0.15, -0.1) is 0 Å². The van der Waals surface area contributed by atoms with Crippen molar-refractivity contribution in [1.82, 2.24) is 20.1 Å². The SMILES string of the molecule is Cn1cc(CCNC(=O)c2cc([N+](=O)[O-])cnc2Cl)cn1. The number of halogens is 1. The molecule has 2 aromatic rings. The van der Waals surface area contributed by atoms with Crippen molar-refractivity contribution >= 4 is 23.2 Å². The Kier molecular flexibility index (Phi) is 4.49. The molecule has 0 fully saturated rings. The van der Waals surface area contributed by atoms with Crippen LogP contribution in [0.2, 0.25) is 5.15 Å². The van der Waals surface area contributed by atoms with E-state index in [0.717, 1.165) is 17.8 Å². The van der Waals surface area contributed by atoms with Gasteiger partial charge in [-0.05, 0) is 12.0 Å². The molecule has 0 aromatic carbocycles. The summed E-state index contributed by atoms with van der Waals surface area (Å²) in [5, 5.41) is 17.3. The summed E-state index contributed by atoms with van der Waals surface area (Å²) in [5.41, 5.74) is 0.676. The van der Waals surface area contributed by atoms with E-state index in [1.165, 1.54) is 0 Å². The Hall–Kier alpha value is -2.48. The zero-order chi connectivity index (χ0) is 15.4. The fourth-order valence-corrected chi connectivity index (χ4v) is 1.90. The van der Waals surface area contributed by atoms with E-state index in [1.807, 2.05) is 6.20 Å². The minimum atomic E-state index is -0.629. The molecule has 0 atom stereocenters. The highest BCUT2D eigenvalue weighted by molar-refractivity contribution is 6.32. The van der Waals surface area contributed by atoms with Crippen LogP contribution in [-0.4, -0.2) is 32.1 Å². The van der Waals surface area contributed by atoms with Gasteiger partial charge >= 0.3 is 0 Å². The minimum Gasteiger partial charge on any atom is -0.352 e. The van der Waals surface area contributed by atoms with Crippen molar-refractivity contribution in [3.8, 4) is 0 Å². The Morgan fingerprint density at radius 3 is 2.90 bits per heavy atom. The van der Waals surface area contributed by atoms with Gasteiger partial charge in [0.1, 0.15) is 11.3 Å². The van der Waals surface area contributed by atoms with Gasteiger partial charge in [0, 0.05) is 25.9 Å². The van der Waals surface area contributed by atoms with Crippen LogP contribution in [0.4, 0.5) is 5.69 Å². The molecule has 0 aliphatic rings. The lowest BCUT2D eigenvalue weighted by molar-refractivity contribution is -0.385. The molecule has 0 unspecified atom stereocenters. The number of nitrogens with one attached hydrogen (secondary N) is 1. The number of nitro groups is 1. The largest absolute Gasteiger partial charge is 0.352 e. The maximum atomic E-state index is 12.0. The summed E-state index contributed by atoms with van der Waals surface area (Å²) in [6.07, 6.45) is 5.15. The molecule has 0 aliphatic heterocycles. The van der Waals surface area contributed by atoms with Crippen molar-refractivity contribution in [2.45, 2.75) is 6.42 Å². The normalized spacial score (nSPS) is 10.4. The van der Waals surface area contributed by atoms with Crippen molar-refractivity contribution < 1.29 is 9.72 Å². The lowest BCUT2D eigenvalue weighted by Gasteiger charge is -2.05. The Labute approximate surface area is 124 Å². The van der Waals surface area contributed by atoms with Crippen LogP contribution in [-0.2, 0) is 13.5 Å². The average molecular weight is 310 g/mol. The molecule has 0 spiro atoms. The fourth-order valence-electron chi connectivity index (χ4n) is 1.71. The summed E-state index contributed by atoms with van der Waals surface area (Å²) in [5.74, 6) is -0.500. The van der Waals surface area contributed by atoms with Crippen LogP contribution in [0.25, 0.3) is 0 Å². The highest BCUT2D eigenvalue weighted by atomic mass is 35.5. The van der Waals surface area contributed by atoms with Crippen LogP contribution in [0, 0.1) is 10.1 Å². The fraction of sp³-hybridized carbons (Fsp3) is 0.250. The van der Waals surface area contributed by atoms with Gasteiger partial charge in [0.05, 0.1) is 16.7 Å². The van der Waals surface area contributed by atoms with Gasteiger partial charge in [0.2, 0.25) is 0 Å². The molecule has 0 radical (unpaired) electrons. The number of carbonyl (C=O) groups is 1. The number of hydrogen-bond acceptors (Lipinski definition) is 5. The zero-order valence-electron chi connectivity index (χ0n) is 11.1. The molecule has 2 rings (SSSR count). The molecule has 1 amide bonds. The van der Waals surface area contributed by atoms with Gasteiger partial charge in [-0.1, -0.05) is 11.6 Å². The molecule has 8 nitrogen and oxygen atoms in total. The van der Waals surface area contributed by atoms with Crippen LogP contribution in [0.3, 0.4) is 0 Å². The Morgan fingerprint density at radius 1 is 1.52 bits per heavy atom. The monoisotopic (exact) mass is 309 g/mol. The first-order chi connectivity index (χ1) is 9.97. The molecule has 2 aromatic heterocycles. The van der Waals surface area contributed by atoms with Crippen molar-refractivity contribution in [2.75, 3.05) is 6.54 Å². The van der Waals surface area contributed by atoms with Crippen molar-refractivity contribution in [3.05, 3.63) is 51.1 Å². The quantitative estimate of drug-likeness (QED) is 0.510. The van der Waals surface area contributed by atoms with Crippen LogP contribution >= 0.6 is 11.6 Å². The van der Waals surface area contributed by atoms with Crippen LogP contribution in [0.5, 0.6) is 0 Å². The first-order valence-electron chi connectivity index (χ1n) is 6.03. The highest BCUT2D eigenvalue weighted by Crippen LogP contribution is 2.18. The highest BCUT2D eigenvalue weighted by Gasteiger charge is 2.16. The third kappa shape index (κ3) is 3.76. The van der Waals surface area contributed by atoms with Gasteiger partial charge in [0.25, 0.3) is 11.6 Å². The first kappa shape index (κ1) is 14.9. The smallest absolute Gasteiger partial charge is 0.288 e.